The molecule has 0 bridgehead atoms. The Morgan fingerprint density at radius 1 is 0.913 bits per heavy atom. The van der Waals surface area contributed by atoms with E-state index in [4.69, 9.17) is 20.0 Å². The van der Waals surface area contributed by atoms with Crippen molar-refractivity contribution in [1.82, 2.24) is 9.80 Å². The minimum absolute atomic E-state index is 0.227. The SMILES string of the molecule is CCCCC(C)C=O.CN1CCN(CC(N)=O)CC1.Fc1ccc(Oc2ccc(CCOCc3ccccc3)cc2)cc1.NC=O. The van der Waals surface area contributed by atoms with Gasteiger partial charge in [-0.2, -0.15) is 0 Å². The fourth-order valence-corrected chi connectivity index (χ4v) is 4.14. The molecule has 3 aromatic carbocycles. The number of nitrogens with zero attached hydrogens (tertiary/aromatic N) is 2. The van der Waals surface area contributed by atoms with E-state index in [0.29, 0.717) is 25.5 Å². The van der Waals surface area contributed by atoms with Crippen molar-refractivity contribution in [3.8, 4) is 11.5 Å². The maximum absolute atomic E-state index is 12.9. The predicted molar refractivity (Wildman–Crippen MR) is 181 cm³/mol. The normalized spacial score (nSPS) is 13.3. The van der Waals surface area contributed by atoms with E-state index in [0.717, 1.165) is 51.1 Å². The molecule has 0 saturated carbocycles. The molecule has 1 fully saturated rings. The Kier molecular flexibility index (Phi) is 21.8. The fraction of sp³-hybridized carbons (Fsp3) is 0.417. The van der Waals surface area contributed by atoms with E-state index in [9.17, 15) is 14.0 Å². The monoisotopic (exact) mass is 638 g/mol. The summed E-state index contributed by atoms with van der Waals surface area (Å²) in [4.78, 5) is 33.4. The number of likely N-dealkylation sites (N-methyl/N-ethyl adjacent to an activating group) is 1. The smallest absolute Gasteiger partial charge is 0.231 e. The third-order valence-corrected chi connectivity index (χ3v) is 6.84. The van der Waals surface area contributed by atoms with E-state index in [1.807, 2.05) is 49.4 Å². The number of rotatable bonds is 13. The van der Waals surface area contributed by atoms with Gasteiger partial charge in [-0.25, -0.2) is 4.39 Å². The van der Waals surface area contributed by atoms with Crippen LogP contribution in [0.4, 0.5) is 4.39 Å². The number of benzene rings is 3. The molecule has 0 spiro atoms. The molecular weight excluding hydrogens is 587 g/mol. The highest BCUT2D eigenvalue weighted by Crippen LogP contribution is 2.22. The number of carbonyl (C=O) groups is 3. The van der Waals surface area contributed by atoms with Gasteiger partial charge in [0.1, 0.15) is 23.6 Å². The first-order chi connectivity index (χ1) is 22.2. The van der Waals surface area contributed by atoms with Crippen LogP contribution >= 0.6 is 0 Å². The molecule has 1 unspecified atom stereocenters. The lowest BCUT2D eigenvalue weighted by Crippen LogP contribution is -2.47. The fourth-order valence-electron chi connectivity index (χ4n) is 4.14. The van der Waals surface area contributed by atoms with Gasteiger partial charge in [0.2, 0.25) is 12.3 Å². The van der Waals surface area contributed by atoms with Gasteiger partial charge in [0.15, 0.2) is 0 Å². The number of primary amides is 2. The molecule has 9 nitrogen and oxygen atoms in total. The molecule has 1 saturated heterocycles. The molecule has 46 heavy (non-hydrogen) atoms. The highest BCUT2D eigenvalue weighted by molar-refractivity contribution is 5.75. The number of nitrogens with two attached hydrogens (primary N) is 2. The van der Waals surface area contributed by atoms with Gasteiger partial charge in [-0.1, -0.05) is 69.2 Å². The Hall–Kier alpha value is -4.12. The number of amides is 2. The zero-order valence-corrected chi connectivity index (χ0v) is 27.5. The number of aldehydes is 1. The zero-order valence-electron chi connectivity index (χ0n) is 27.5. The van der Waals surface area contributed by atoms with Crippen molar-refractivity contribution in [2.24, 2.45) is 17.4 Å². The van der Waals surface area contributed by atoms with E-state index in [2.05, 4.69) is 41.6 Å². The van der Waals surface area contributed by atoms with Crippen molar-refractivity contribution in [3.63, 3.8) is 0 Å². The van der Waals surface area contributed by atoms with Crippen LogP contribution in [0.25, 0.3) is 0 Å². The summed E-state index contributed by atoms with van der Waals surface area (Å²) >= 11 is 0. The number of carbonyl (C=O) groups excluding carboxylic acids is 3. The average molecular weight is 639 g/mol. The van der Waals surface area contributed by atoms with Crippen LogP contribution in [-0.4, -0.2) is 74.8 Å². The lowest BCUT2D eigenvalue weighted by molar-refractivity contribution is -0.119. The van der Waals surface area contributed by atoms with Crippen LogP contribution in [0.3, 0.4) is 0 Å². The van der Waals surface area contributed by atoms with Crippen LogP contribution < -0.4 is 16.2 Å². The van der Waals surface area contributed by atoms with Crippen LogP contribution in [0.15, 0.2) is 78.9 Å². The van der Waals surface area contributed by atoms with E-state index in [1.54, 1.807) is 12.1 Å². The number of hydrogen-bond donors (Lipinski definition) is 2. The van der Waals surface area contributed by atoms with E-state index >= 15 is 0 Å². The minimum atomic E-state index is -0.270. The maximum Gasteiger partial charge on any atom is 0.231 e. The Morgan fingerprint density at radius 3 is 2.00 bits per heavy atom. The molecule has 3 aromatic rings. The van der Waals surface area contributed by atoms with E-state index in [-0.39, 0.29) is 24.1 Å². The molecule has 1 aliphatic rings. The van der Waals surface area contributed by atoms with Gasteiger partial charge in [-0.15, -0.1) is 0 Å². The molecule has 2 amide bonds. The van der Waals surface area contributed by atoms with Crippen molar-refractivity contribution in [1.29, 1.82) is 0 Å². The summed E-state index contributed by atoms with van der Waals surface area (Å²) in [7, 11) is 2.08. The van der Waals surface area contributed by atoms with E-state index < -0.39 is 0 Å². The van der Waals surface area contributed by atoms with Gasteiger partial charge >= 0.3 is 0 Å². The minimum Gasteiger partial charge on any atom is -0.457 e. The summed E-state index contributed by atoms with van der Waals surface area (Å²) in [6, 6.07) is 24.0. The van der Waals surface area contributed by atoms with Crippen LogP contribution in [0.1, 0.15) is 44.2 Å². The summed E-state index contributed by atoms with van der Waals surface area (Å²) < 4.78 is 24.2. The molecule has 0 aromatic heterocycles. The van der Waals surface area contributed by atoms with Crippen molar-refractivity contribution in [3.05, 3.63) is 95.8 Å². The lowest BCUT2D eigenvalue weighted by atomic mass is 10.1. The molecule has 1 aliphatic heterocycles. The summed E-state index contributed by atoms with van der Waals surface area (Å²) in [5.74, 6) is 1.13. The Morgan fingerprint density at radius 2 is 1.48 bits per heavy atom. The highest BCUT2D eigenvalue weighted by atomic mass is 19.1. The van der Waals surface area contributed by atoms with Crippen molar-refractivity contribution < 1.29 is 28.2 Å². The zero-order chi connectivity index (χ0) is 34.0. The summed E-state index contributed by atoms with van der Waals surface area (Å²) in [6.07, 6.45) is 5.55. The second-order valence-corrected chi connectivity index (χ2v) is 10.9. The first kappa shape index (κ1) is 39.9. The van der Waals surface area contributed by atoms with Crippen molar-refractivity contribution >= 4 is 18.6 Å². The third kappa shape index (κ3) is 20.0. The Balaban J connectivity index is 0.000000397. The topological polar surface area (TPSA) is 128 Å². The number of piperazine rings is 1. The molecule has 4 rings (SSSR count). The summed E-state index contributed by atoms with van der Waals surface area (Å²) in [5, 5.41) is 0. The van der Waals surface area contributed by atoms with Crippen molar-refractivity contribution in [2.75, 3.05) is 46.4 Å². The Bertz CT molecular complexity index is 1210. The molecule has 4 N–H and O–H groups in total. The molecule has 0 aliphatic carbocycles. The number of hydrogen-bond acceptors (Lipinski definition) is 7. The van der Waals surface area contributed by atoms with Crippen LogP contribution in [0.5, 0.6) is 11.5 Å². The average Bonchev–Trinajstić information content (AvgIpc) is 3.06. The molecule has 1 heterocycles. The summed E-state index contributed by atoms with van der Waals surface area (Å²) in [6.45, 7) is 9.80. The molecule has 1 atom stereocenters. The van der Waals surface area contributed by atoms with Crippen LogP contribution in [-0.2, 0) is 32.1 Å². The second kappa shape index (κ2) is 25.1. The van der Waals surface area contributed by atoms with Gasteiger partial charge in [0.05, 0.1) is 19.8 Å². The standard InChI is InChI=1S/C21H19FO2.C7H15N3O.C7H14O.CH3NO/c22-19-8-12-21(13-9-19)24-20-10-6-17(7-11-20)14-15-23-16-18-4-2-1-3-5-18;1-9-2-4-10(5-3-9)6-7(8)11;1-3-4-5-7(2)6-8;2-1-3/h1-13H,14-16H2;2-6H2,1H3,(H2,8,11);6-7H,3-5H2,1-2H3;1H,(H2,2,3). The van der Waals surface area contributed by atoms with Crippen molar-refractivity contribution in [2.45, 2.75) is 46.1 Å². The molecule has 0 radical (unpaired) electrons. The third-order valence-electron chi connectivity index (χ3n) is 6.84. The van der Waals surface area contributed by atoms with Crippen LogP contribution in [0.2, 0.25) is 0 Å². The largest absolute Gasteiger partial charge is 0.457 e. The molecule has 252 valence electrons. The number of halogens is 1. The predicted octanol–water partition coefficient (Wildman–Crippen LogP) is 5.21. The van der Waals surface area contributed by atoms with Gasteiger partial charge in [-0.3, -0.25) is 14.5 Å². The first-order valence-corrected chi connectivity index (χ1v) is 15.6. The number of ether oxygens (including phenoxy) is 2. The van der Waals surface area contributed by atoms with Crippen LogP contribution in [0, 0.1) is 11.7 Å². The van der Waals surface area contributed by atoms with E-state index in [1.165, 1.54) is 36.1 Å². The molecular formula is C36H51FN4O5. The van der Waals surface area contributed by atoms with Gasteiger partial charge in [0, 0.05) is 32.1 Å². The Labute approximate surface area is 273 Å². The summed E-state index contributed by atoms with van der Waals surface area (Å²) in [5.41, 5.74) is 11.6. The van der Waals surface area contributed by atoms with Gasteiger partial charge in [0.25, 0.3) is 0 Å². The first-order valence-electron chi connectivity index (χ1n) is 15.6. The highest BCUT2D eigenvalue weighted by Gasteiger charge is 2.14. The quantitative estimate of drug-likeness (QED) is 0.194. The maximum atomic E-state index is 12.9. The molecule has 10 heteroatoms. The van der Waals surface area contributed by atoms with Gasteiger partial charge in [-0.05, 0) is 67.4 Å². The van der Waals surface area contributed by atoms with Gasteiger partial charge < -0.3 is 30.6 Å². The lowest BCUT2D eigenvalue weighted by Gasteiger charge is -2.31. The second-order valence-electron chi connectivity index (χ2n) is 10.9. The number of unbranched alkanes of at least 4 members (excludes halogenated alkanes) is 1.